The number of benzene rings is 4. The fraction of sp³-hybridized carbons (Fsp3) is 0.342. The van der Waals surface area contributed by atoms with Crippen LogP contribution in [0.3, 0.4) is 0 Å². The van der Waals surface area contributed by atoms with Crippen molar-refractivity contribution in [2.45, 2.75) is 45.1 Å². The third kappa shape index (κ3) is 8.20. The predicted octanol–water partition coefficient (Wildman–Crippen LogP) is 5.97. The number of amides is 2. The number of urea groups is 1. The Bertz CT molecular complexity index is 1540. The molecular weight excluding hydrogens is 578 g/mol. The standard InChI is InChI=1S/C38H43N3O5/c1-27-35(25-41-18-20-44-21-19-41)45-37(46-36(27)32-12-10-29(26-42)11-13-32)33-16-14-31(15-17-33)34-9-5-8-30(22-34)24-40-38(43)39-23-28-6-3-2-4-7-28/h2-17,22,27,35-37,42H,18-21,23-26H2,1H3,(H2,39,40,43)/t27-,35+,36+,37+/m0/s1. The smallest absolute Gasteiger partial charge is 0.315 e. The first-order valence-electron chi connectivity index (χ1n) is 16.1. The molecule has 0 saturated carbocycles. The van der Waals surface area contributed by atoms with Gasteiger partial charge in [-0.25, -0.2) is 4.79 Å². The first-order chi connectivity index (χ1) is 22.6. The molecule has 6 rings (SSSR count). The van der Waals surface area contributed by atoms with Gasteiger partial charge in [-0.1, -0.05) is 104 Å². The summed E-state index contributed by atoms with van der Waals surface area (Å²) in [5.74, 6) is 0.134. The van der Waals surface area contributed by atoms with Crippen LogP contribution in [0.2, 0.25) is 0 Å². The number of hydrogen-bond acceptors (Lipinski definition) is 6. The first kappa shape index (κ1) is 31.9. The van der Waals surface area contributed by atoms with Gasteiger partial charge in [0.05, 0.1) is 32.0 Å². The van der Waals surface area contributed by atoms with Crippen molar-refractivity contribution in [3.63, 3.8) is 0 Å². The van der Waals surface area contributed by atoms with Crippen LogP contribution in [-0.2, 0) is 33.9 Å². The summed E-state index contributed by atoms with van der Waals surface area (Å²) in [6.07, 6.45) is -0.678. The minimum absolute atomic E-state index is 0.0165. The first-order valence-corrected chi connectivity index (χ1v) is 16.1. The van der Waals surface area contributed by atoms with Crippen LogP contribution in [0.5, 0.6) is 0 Å². The van der Waals surface area contributed by atoms with Gasteiger partial charge in [0.15, 0.2) is 6.29 Å². The van der Waals surface area contributed by atoms with E-state index in [1.807, 2.05) is 54.6 Å². The molecule has 8 nitrogen and oxygen atoms in total. The minimum atomic E-state index is -0.510. The van der Waals surface area contributed by atoms with Crippen LogP contribution >= 0.6 is 0 Å². The largest absolute Gasteiger partial charge is 0.392 e. The Balaban J connectivity index is 1.12. The van der Waals surface area contributed by atoms with Gasteiger partial charge in [0, 0.05) is 44.2 Å². The normalized spacial score (nSPS) is 21.9. The molecule has 240 valence electrons. The number of carbonyl (C=O) groups is 1. The molecule has 2 aliphatic rings. The topological polar surface area (TPSA) is 92.3 Å². The molecule has 4 aromatic carbocycles. The Kier molecular flexibility index (Phi) is 10.7. The number of carbonyl (C=O) groups excluding carboxylic acids is 1. The van der Waals surface area contributed by atoms with Crippen LogP contribution in [0.1, 0.15) is 47.1 Å². The van der Waals surface area contributed by atoms with E-state index >= 15 is 0 Å². The molecule has 2 fully saturated rings. The van der Waals surface area contributed by atoms with Gasteiger partial charge in [-0.3, -0.25) is 4.90 Å². The average molecular weight is 622 g/mol. The maximum absolute atomic E-state index is 12.4. The number of ether oxygens (including phenoxy) is 3. The number of morpholine rings is 1. The molecule has 4 aromatic rings. The second-order valence-electron chi connectivity index (χ2n) is 12.1. The van der Waals surface area contributed by atoms with Crippen molar-refractivity contribution in [3.8, 4) is 11.1 Å². The van der Waals surface area contributed by atoms with Gasteiger partial charge in [0.2, 0.25) is 0 Å². The highest BCUT2D eigenvalue weighted by Gasteiger charge is 2.39. The molecule has 0 unspecified atom stereocenters. The fourth-order valence-electron chi connectivity index (χ4n) is 6.08. The number of nitrogens with zero attached hydrogens (tertiary/aromatic N) is 1. The zero-order valence-electron chi connectivity index (χ0n) is 26.3. The molecule has 0 aromatic heterocycles. The van der Waals surface area contributed by atoms with Gasteiger partial charge < -0.3 is 30.0 Å². The lowest BCUT2D eigenvalue weighted by Gasteiger charge is -2.43. The van der Waals surface area contributed by atoms with E-state index in [1.165, 1.54) is 0 Å². The van der Waals surface area contributed by atoms with Crippen molar-refractivity contribution in [3.05, 3.63) is 131 Å². The summed E-state index contributed by atoms with van der Waals surface area (Å²) in [4.78, 5) is 14.8. The summed E-state index contributed by atoms with van der Waals surface area (Å²) in [6, 6.07) is 34.3. The molecule has 0 spiro atoms. The molecule has 8 heteroatoms. The van der Waals surface area contributed by atoms with Crippen LogP contribution < -0.4 is 10.6 Å². The van der Waals surface area contributed by atoms with E-state index < -0.39 is 6.29 Å². The van der Waals surface area contributed by atoms with Gasteiger partial charge in [-0.05, 0) is 39.4 Å². The molecule has 2 saturated heterocycles. The Morgan fingerprint density at radius 1 is 0.761 bits per heavy atom. The number of aliphatic hydroxyl groups excluding tert-OH is 1. The minimum Gasteiger partial charge on any atom is -0.392 e. The summed E-state index contributed by atoms with van der Waals surface area (Å²) in [7, 11) is 0. The summed E-state index contributed by atoms with van der Waals surface area (Å²) < 4.78 is 18.9. The zero-order chi connectivity index (χ0) is 31.7. The van der Waals surface area contributed by atoms with Crippen molar-refractivity contribution in [1.82, 2.24) is 15.5 Å². The van der Waals surface area contributed by atoms with Crippen molar-refractivity contribution in [2.75, 3.05) is 32.8 Å². The lowest BCUT2D eigenvalue weighted by atomic mass is 9.90. The van der Waals surface area contributed by atoms with Gasteiger partial charge in [0.25, 0.3) is 0 Å². The monoisotopic (exact) mass is 621 g/mol. The Morgan fingerprint density at radius 3 is 2.15 bits per heavy atom. The average Bonchev–Trinajstić information content (AvgIpc) is 3.12. The molecule has 2 heterocycles. The van der Waals surface area contributed by atoms with Gasteiger partial charge in [-0.2, -0.15) is 0 Å². The predicted molar refractivity (Wildman–Crippen MR) is 178 cm³/mol. The third-order valence-corrected chi connectivity index (χ3v) is 8.86. The van der Waals surface area contributed by atoms with E-state index in [2.05, 4.69) is 71.0 Å². The van der Waals surface area contributed by atoms with E-state index in [-0.39, 0.29) is 30.8 Å². The van der Waals surface area contributed by atoms with Crippen molar-refractivity contribution in [2.24, 2.45) is 5.92 Å². The summed E-state index contributed by atoms with van der Waals surface area (Å²) >= 11 is 0. The van der Waals surface area contributed by atoms with E-state index in [9.17, 15) is 9.90 Å². The molecular formula is C38H43N3O5. The molecule has 0 bridgehead atoms. The lowest BCUT2D eigenvalue weighted by molar-refractivity contribution is -0.277. The number of aliphatic hydroxyl groups is 1. The molecule has 46 heavy (non-hydrogen) atoms. The highest BCUT2D eigenvalue weighted by Crippen LogP contribution is 2.42. The van der Waals surface area contributed by atoms with Gasteiger partial charge in [0.1, 0.15) is 0 Å². The van der Waals surface area contributed by atoms with Crippen molar-refractivity contribution in [1.29, 1.82) is 0 Å². The maximum Gasteiger partial charge on any atom is 0.315 e. The SMILES string of the molecule is C[C@H]1[C@@H](CN2CCOCC2)O[C@@H](c2ccc(-c3cccc(CNC(=O)NCc4ccccc4)c3)cc2)O[C@H]1c1ccc(CO)cc1. The fourth-order valence-corrected chi connectivity index (χ4v) is 6.08. The van der Waals surface area contributed by atoms with Crippen LogP contribution in [0, 0.1) is 5.92 Å². The van der Waals surface area contributed by atoms with E-state index in [4.69, 9.17) is 14.2 Å². The van der Waals surface area contributed by atoms with Crippen LogP contribution in [-0.4, -0.2) is 55.0 Å². The third-order valence-electron chi connectivity index (χ3n) is 8.86. The van der Waals surface area contributed by atoms with Crippen LogP contribution in [0.15, 0.2) is 103 Å². The van der Waals surface area contributed by atoms with Crippen LogP contribution in [0.25, 0.3) is 11.1 Å². The Labute approximate surface area is 271 Å². The lowest BCUT2D eigenvalue weighted by Crippen LogP contribution is -2.47. The second-order valence-corrected chi connectivity index (χ2v) is 12.1. The Hall–Kier alpha value is -4.05. The Morgan fingerprint density at radius 2 is 1.43 bits per heavy atom. The van der Waals surface area contributed by atoms with Gasteiger partial charge >= 0.3 is 6.03 Å². The zero-order valence-corrected chi connectivity index (χ0v) is 26.3. The molecule has 2 aliphatic heterocycles. The summed E-state index contributed by atoms with van der Waals surface area (Å²) in [5.41, 5.74) is 7.15. The number of hydrogen-bond donors (Lipinski definition) is 3. The van der Waals surface area contributed by atoms with Crippen molar-refractivity contribution >= 4 is 6.03 Å². The summed E-state index contributed by atoms with van der Waals surface area (Å²) in [6.45, 7) is 7.23. The quantitative estimate of drug-likeness (QED) is 0.202. The maximum atomic E-state index is 12.4. The number of nitrogens with one attached hydrogen (secondary N) is 2. The molecule has 2 amide bonds. The molecule has 3 N–H and O–H groups in total. The second kappa shape index (κ2) is 15.5. The number of rotatable bonds is 10. The summed E-state index contributed by atoms with van der Waals surface area (Å²) in [5, 5.41) is 15.4. The van der Waals surface area contributed by atoms with Crippen molar-refractivity contribution < 1.29 is 24.1 Å². The highest BCUT2D eigenvalue weighted by molar-refractivity contribution is 5.74. The van der Waals surface area contributed by atoms with E-state index in [1.54, 1.807) is 0 Å². The molecule has 0 aliphatic carbocycles. The molecule has 4 atom stereocenters. The molecule has 0 radical (unpaired) electrons. The van der Waals surface area contributed by atoms with E-state index in [0.29, 0.717) is 13.1 Å². The van der Waals surface area contributed by atoms with Crippen LogP contribution in [0.4, 0.5) is 4.79 Å². The highest BCUT2D eigenvalue weighted by atomic mass is 16.7. The van der Waals surface area contributed by atoms with Gasteiger partial charge in [-0.15, -0.1) is 0 Å². The van der Waals surface area contributed by atoms with E-state index in [0.717, 1.165) is 71.8 Å².